The Bertz CT molecular complexity index is 775. The quantitative estimate of drug-likeness (QED) is 0.631. The Morgan fingerprint density at radius 1 is 1.28 bits per heavy atom. The molecule has 1 aliphatic rings. The highest BCUT2D eigenvalue weighted by Crippen LogP contribution is 2.36. The molecule has 1 fully saturated rings. The van der Waals surface area contributed by atoms with Gasteiger partial charge in [-0.15, -0.1) is 4.31 Å². The third-order valence-electron chi connectivity index (χ3n) is 4.37. The van der Waals surface area contributed by atoms with E-state index in [-0.39, 0.29) is 11.4 Å². The number of nitrogens with two attached hydrogens (primary N) is 1. The largest absolute Gasteiger partial charge is 0.598 e. The summed E-state index contributed by atoms with van der Waals surface area (Å²) in [5, 5.41) is 2.23. The molecule has 8 heteroatoms. The molecule has 1 saturated carbocycles. The maximum absolute atomic E-state index is 12.1. The number of nitrogens with zero attached hydrogens (tertiary/aromatic N) is 3. The first-order chi connectivity index (χ1) is 11.7. The fourth-order valence-electron chi connectivity index (χ4n) is 2.93. The van der Waals surface area contributed by atoms with E-state index in [0.717, 1.165) is 29.2 Å². The van der Waals surface area contributed by atoms with Gasteiger partial charge in [0.25, 0.3) is 0 Å². The van der Waals surface area contributed by atoms with E-state index in [1.165, 1.54) is 0 Å². The van der Waals surface area contributed by atoms with Crippen LogP contribution in [0.15, 0.2) is 18.5 Å². The maximum Gasteiger partial charge on any atom is 0.223 e. The van der Waals surface area contributed by atoms with E-state index in [2.05, 4.69) is 9.97 Å². The number of hydrogen-bond acceptors (Lipinski definition) is 6. The zero-order valence-corrected chi connectivity index (χ0v) is 16.4. The summed E-state index contributed by atoms with van der Waals surface area (Å²) in [7, 11) is 3.64. The molecule has 0 saturated heterocycles. The van der Waals surface area contributed by atoms with E-state index in [4.69, 9.17) is 22.1 Å². The fourth-order valence-corrected chi connectivity index (χ4v) is 4.44. The highest BCUT2D eigenvalue weighted by Gasteiger charge is 2.41. The number of aromatic nitrogens is 2. The number of hydrogen-bond donors (Lipinski definition) is 1. The summed E-state index contributed by atoms with van der Waals surface area (Å²) in [5.74, 6) is 0.520. The maximum atomic E-state index is 12.1. The summed E-state index contributed by atoms with van der Waals surface area (Å²) < 4.78 is 19.8. The van der Waals surface area contributed by atoms with E-state index in [0.29, 0.717) is 11.0 Å². The van der Waals surface area contributed by atoms with Crippen molar-refractivity contribution in [1.29, 1.82) is 0 Å². The lowest BCUT2D eigenvalue weighted by Gasteiger charge is -2.36. The van der Waals surface area contributed by atoms with Crippen LogP contribution in [0.1, 0.15) is 32.3 Å². The normalized spacial score (nSPS) is 22.1. The molecular formula is C17H23ClN4O2S. The summed E-state index contributed by atoms with van der Waals surface area (Å²) in [6, 6.07) is 1.79. The van der Waals surface area contributed by atoms with Gasteiger partial charge >= 0.3 is 0 Å². The van der Waals surface area contributed by atoms with Gasteiger partial charge in [-0.3, -0.25) is 0 Å². The summed E-state index contributed by atoms with van der Waals surface area (Å²) in [4.78, 5) is 8.62. The van der Waals surface area contributed by atoms with Gasteiger partial charge < -0.3 is 15.0 Å². The Hall–Kier alpha value is -1.12. The molecule has 0 radical (unpaired) electrons. The van der Waals surface area contributed by atoms with Crippen LogP contribution in [0.5, 0.6) is 5.88 Å². The molecule has 1 aliphatic carbocycles. The lowest BCUT2D eigenvalue weighted by molar-refractivity contribution is 0.117. The van der Waals surface area contributed by atoms with Crippen molar-refractivity contribution in [3.8, 4) is 5.88 Å². The molecular weight excluding hydrogens is 360 g/mol. The number of fused-ring (bicyclic) bond motifs is 1. The number of ether oxygens (including phenoxy) is 1. The van der Waals surface area contributed by atoms with Crippen LogP contribution in [0.3, 0.4) is 0 Å². The third kappa shape index (κ3) is 3.85. The van der Waals surface area contributed by atoms with Crippen molar-refractivity contribution in [2.24, 2.45) is 5.73 Å². The molecule has 1 atom stereocenters. The second-order valence-corrected chi connectivity index (χ2v) is 9.51. The predicted molar refractivity (Wildman–Crippen MR) is 101 cm³/mol. The van der Waals surface area contributed by atoms with Crippen LogP contribution in [-0.4, -0.2) is 44.3 Å². The first-order valence-corrected chi connectivity index (χ1v) is 9.70. The zero-order chi connectivity index (χ0) is 18.4. The highest BCUT2D eigenvalue weighted by atomic mass is 35.5. The van der Waals surface area contributed by atoms with Gasteiger partial charge in [0.15, 0.2) is 0 Å². The molecule has 2 aromatic rings. The van der Waals surface area contributed by atoms with Crippen molar-refractivity contribution in [2.45, 2.75) is 43.6 Å². The Morgan fingerprint density at radius 2 is 1.96 bits per heavy atom. The van der Waals surface area contributed by atoms with Gasteiger partial charge in [0, 0.05) is 56.2 Å². The minimum absolute atomic E-state index is 0.0111. The van der Waals surface area contributed by atoms with E-state index >= 15 is 0 Å². The van der Waals surface area contributed by atoms with Crippen LogP contribution in [0, 0.1) is 0 Å². The molecule has 0 bridgehead atoms. The molecule has 2 N–H and O–H groups in total. The molecule has 2 aromatic heterocycles. The summed E-state index contributed by atoms with van der Waals surface area (Å²) in [6.45, 7) is 3.84. The van der Waals surface area contributed by atoms with Crippen molar-refractivity contribution >= 4 is 33.7 Å². The monoisotopic (exact) mass is 382 g/mol. The Labute approximate surface area is 156 Å². The Balaban J connectivity index is 1.84. The van der Waals surface area contributed by atoms with E-state index in [9.17, 15) is 4.55 Å². The molecule has 0 aliphatic heterocycles. The van der Waals surface area contributed by atoms with Gasteiger partial charge in [-0.25, -0.2) is 9.97 Å². The van der Waals surface area contributed by atoms with Crippen molar-refractivity contribution in [2.75, 3.05) is 14.1 Å². The lowest BCUT2D eigenvalue weighted by atomic mass is 9.93. The SMILES string of the molecule is CN(C)[S+]([O-])C1CC(Oc2ncc(C(C)(C)N)c3cc(Cl)ncc23)C1. The van der Waals surface area contributed by atoms with Crippen molar-refractivity contribution in [3.63, 3.8) is 0 Å². The summed E-state index contributed by atoms with van der Waals surface area (Å²) in [6.07, 6.45) is 4.92. The third-order valence-corrected chi connectivity index (χ3v) is 6.25. The standard InChI is InChI=1S/C17H23ClN4O2S/c1-17(2,19)14-9-21-16(13-8-20-15(18)7-12(13)14)24-10-5-11(6-10)25(23)22(3)4/h7-11H,5-6,19H2,1-4H3. The van der Waals surface area contributed by atoms with Crippen LogP contribution in [-0.2, 0) is 16.9 Å². The topological polar surface area (TPSA) is 87.3 Å². The smallest absolute Gasteiger partial charge is 0.223 e. The molecule has 6 nitrogen and oxygen atoms in total. The van der Waals surface area contributed by atoms with Crippen molar-refractivity contribution < 1.29 is 9.29 Å². The van der Waals surface area contributed by atoms with Crippen LogP contribution in [0.4, 0.5) is 0 Å². The lowest BCUT2D eigenvalue weighted by Crippen LogP contribution is -2.47. The van der Waals surface area contributed by atoms with E-state index < -0.39 is 16.9 Å². The first kappa shape index (κ1) is 18.7. The van der Waals surface area contributed by atoms with Crippen LogP contribution in [0.2, 0.25) is 5.15 Å². The van der Waals surface area contributed by atoms with E-state index in [1.54, 1.807) is 22.8 Å². The van der Waals surface area contributed by atoms with Gasteiger partial charge in [-0.05, 0) is 30.9 Å². The summed E-state index contributed by atoms with van der Waals surface area (Å²) in [5.41, 5.74) is 6.59. The van der Waals surface area contributed by atoms with Gasteiger partial charge in [-0.1, -0.05) is 11.6 Å². The molecule has 136 valence electrons. The van der Waals surface area contributed by atoms with Gasteiger partial charge in [-0.2, -0.15) is 0 Å². The van der Waals surface area contributed by atoms with Crippen LogP contribution >= 0.6 is 11.6 Å². The molecule has 0 spiro atoms. The van der Waals surface area contributed by atoms with Crippen molar-refractivity contribution in [3.05, 3.63) is 29.2 Å². The average Bonchev–Trinajstić information content (AvgIpc) is 2.47. The highest BCUT2D eigenvalue weighted by molar-refractivity contribution is 7.89. The Kier molecular flexibility index (Phi) is 5.14. The van der Waals surface area contributed by atoms with Crippen molar-refractivity contribution in [1.82, 2.24) is 14.3 Å². The summed E-state index contributed by atoms with van der Waals surface area (Å²) >= 11 is 5.10. The minimum Gasteiger partial charge on any atom is -0.598 e. The molecule has 25 heavy (non-hydrogen) atoms. The Morgan fingerprint density at radius 3 is 2.56 bits per heavy atom. The molecule has 3 rings (SSSR count). The number of pyridine rings is 2. The van der Waals surface area contributed by atoms with Crippen LogP contribution < -0.4 is 10.5 Å². The minimum atomic E-state index is -0.967. The second kappa shape index (κ2) is 6.89. The number of halogens is 1. The van der Waals surface area contributed by atoms with Gasteiger partial charge in [0.2, 0.25) is 5.88 Å². The van der Waals surface area contributed by atoms with E-state index in [1.807, 2.05) is 27.9 Å². The molecule has 2 heterocycles. The molecule has 1 unspecified atom stereocenters. The van der Waals surface area contributed by atoms with Gasteiger partial charge in [0.1, 0.15) is 16.5 Å². The van der Waals surface area contributed by atoms with Crippen LogP contribution in [0.25, 0.3) is 10.8 Å². The first-order valence-electron chi connectivity index (χ1n) is 8.15. The average molecular weight is 383 g/mol. The molecule has 0 amide bonds. The zero-order valence-electron chi connectivity index (χ0n) is 14.8. The predicted octanol–water partition coefficient (Wildman–Crippen LogP) is 2.61. The number of rotatable bonds is 5. The van der Waals surface area contributed by atoms with Gasteiger partial charge in [0.05, 0.1) is 5.39 Å². The second-order valence-electron chi connectivity index (χ2n) is 7.17. The molecule has 0 aromatic carbocycles. The fraction of sp³-hybridized carbons (Fsp3) is 0.529.